The number of piperazine rings is 1. The molecule has 1 amide bonds. The number of hydrogen-bond acceptors (Lipinski definition) is 3. The van der Waals surface area contributed by atoms with Crippen LogP contribution in [0.3, 0.4) is 0 Å². The Morgan fingerprint density at radius 2 is 2.14 bits per heavy atom. The van der Waals surface area contributed by atoms with Gasteiger partial charge in [0.1, 0.15) is 5.69 Å². The first-order chi connectivity index (χ1) is 10.6. The molecule has 0 spiro atoms. The average molecular weight is 319 g/mol. The van der Waals surface area contributed by atoms with Gasteiger partial charge in [-0.2, -0.15) is 5.10 Å². The fourth-order valence-electron chi connectivity index (χ4n) is 2.74. The summed E-state index contributed by atoms with van der Waals surface area (Å²) in [7, 11) is 0. The molecule has 0 bridgehead atoms. The number of aromatic nitrogens is 2. The largest absolute Gasteiger partial charge is 0.332 e. The number of hydrogen-bond donors (Lipinski definition) is 2. The first kappa shape index (κ1) is 15.1. The summed E-state index contributed by atoms with van der Waals surface area (Å²) in [5, 5.41) is 11.1. The molecule has 0 aliphatic carbocycles. The molecule has 1 aromatic heterocycles. The topological polar surface area (TPSA) is 61.0 Å². The SMILES string of the molecule is CC1NCCN(C(=O)c2cc(-c3ccccc3Cl)n[nH]2)C1C. The third-order valence-corrected chi connectivity index (χ3v) is 4.58. The second-order valence-electron chi connectivity index (χ2n) is 5.63. The number of H-pyrrole nitrogens is 1. The number of aromatic amines is 1. The molecule has 1 aromatic carbocycles. The Morgan fingerprint density at radius 1 is 1.36 bits per heavy atom. The Labute approximate surface area is 134 Å². The molecule has 1 aliphatic heterocycles. The highest BCUT2D eigenvalue weighted by molar-refractivity contribution is 6.33. The molecule has 2 N–H and O–H groups in total. The molecule has 3 rings (SSSR count). The van der Waals surface area contributed by atoms with Crippen LogP contribution in [0.15, 0.2) is 30.3 Å². The van der Waals surface area contributed by atoms with Crippen LogP contribution in [0.5, 0.6) is 0 Å². The lowest BCUT2D eigenvalue weighted by Crippen LogP contribution is -2.57. The first-order valence-electron chi connectivity index (χ1n) is 7.42. The number of carbonyl (C=O) groups is 1. The van der Waals surface area contributed by atoms with Crippen LogP contribution in [0.25, 0.3) is 11.3 Å². The molecule has 0 saturated carbocycles. The van der Waals surface area contributed by atoms with Crippen molar-refractivity contribution in [1.82, 2.24) is 20.4 Å². The molecule has 2 heterocycles. The van der Waals surface area contributed by atoms with Crippen molar-refractivity contribution in [1.29, 1.82) is 0 Å². The average Bonchev–Trinajstić information content (AvgIpc) is 2.99. The van der Waals surface area contributed by atoms with E-state index in [0.717, 1.165) is 12.1 Å². The minimum atomic E-state index is -0.0216. The van der Waals surface area contributed by atoms with Crippen molar-refractivity contribution in [3.63, 3.8) is 0 Å². The third kappa shape index (κ3) is 2.74. The van der Waals surface area contributed by atoms with Gasteiger partial charge in [0.25, 0.3) is 5.91 Å². The maximum atomic E-state index is 12.7. The van der Waals surface area contributed by atoms with E-state index in [0.29, 0.717) is 23.0 Å². The van der Waals surface area contributed by atoms with Crippen molar-refractivity contribution in [2.24, 2.45) is 0 Å². The summed E-state index contributed by atoms with van der Waals surface area (Å²) in [5.74, 6) is -0.0216. The number of nitrogens with one attached hydrogen (secondary N) is 2. The fourth-order valence-corrected chi connectivity index (χ4v) is 2.97. The number of amides is 1. The molecular weight excluding hydrogens is 300 g/mol. The third-order valence-electron chi connectivity index (χ3n) is 4.25. The molecule has 1 fully saturated rings. The van der Waals surface area contributed by atoms with Crippen molar-refractivity contribution >= 4 is 17.5 Å². The van der Waals surface area contributed by atoms with E-state index in [2.05, 4.69) is 29.4 Å². The predicted octanol–water partition coefficient (Wildman–Crippen LogP) is 2.55. The van der Waals surface area contributed by atoms with E-state index in [9.17, 15) is 4.79 Å². The number of halogens is 1. The van der Waals surface area contributed by atoms with Gasteiger partial charge in [-0.15, -0.1) is 0 Å². The lowest BCUT2D eigenvalue weighted by Gasteiger charge is -2.38. The van der Waals surface area contributed by atoms with Crippen molar-refractivity contribution < 1.29 is 4.79 Å². The molecule has 2 unspecified atom stereocenters. The minimum Gasteiger partial charge on any atom is -0.332 e. The summed E-state index contributed by atoms with van der Waals surface area (Å²) in [5.41, 5.74) is 2.00. The van der Waals surface area contributed by atoms with Gasteiger partial charge in [-0.3, -0.25) is 9.89 Å². The number of nitrogens with zero attached hydrogens (tertiary/aromatic N) is 2. The van der Waals surface area contributed by atoms with Crippen LogP contribution in [0.4, 0.5) is 0 Å². The van der Waals surface area contributed by atoms with Crippen LogP contribution in [0.1, 0.15) is 24.3 Å². The molecule has 0 radical (unpaired) electrons. The van der Waals surface area contributed by atoms with Gasteiger partial charge in [-0.05, 0) is 26.0 Å². The van der Waals surface area contributed by atoms with E-state index in [4.69, 9.17) is 11.6 Å². The molecule has 116 valence electrons. The molecule has 22 heavy (non-hydrogen) atoms. The van der Waals surface area contributed by atoms with Crippen molar-refractivity contribution in [2.45, 2.75) is 25.9 Å². The summed E-state index contributed by atoms with van der Waals surface area (Å²) < 4.78 is 0. The Hall–Kier alpha value is -1.85. The molecule has 5 nitrogen and oxygen atoms in total. The molecule has 6 heteroatoms. The zero-order chi connectivity index (χ0) is 15.7. The highest BCUT2D eigenvalue weighted by Crippen LogP contribution is 2.26. The van der Waals surface area contributed by atoms with Crippen LogP contribution in [-0.4, -0.2) is 46.2 Å². The molecule has 2 aromatic rings. The normalized spacial score (nSPS) is 21.9. The van der Waals surface area contributed by atoms with E-state index in [-0.39, 0.29) is 18.0 Å². The summed E-state index contributed by atoms with van der Waals surface area (Å²) in [4.78, 5) is 14.6. The summed E-state index contributed by atoms with van der Waals surface area (Å²) in [6.07, 6.45) is 0. The zero-order valence-corrected chi connectivity index (χ0v) is 13.4. The van der Waals surface area contributed by atoms with Crippen LogP contribution < -0.4 is 5.32 Å². The Kier molecular flexibility index (Phi) is 4.18. The van der Waals surface area contributed by atoms with Crippen molar-refractivity contribution in [3.8, 4) is 11.3 Å². The highest BCUT2D eigenvalue weighted by atomic mass is 35.5. The van der Waals surface area contributed by atoms with Crippen LogP contribution >= 0.6 is 11.6 Å². The molecule has 1 saturated heterocycles. The standard InChI is InChI=1S/C16H19ClN4O/c1-10-11(2)21(8-7-18-10)16(22)15-9-14(19-20-15)12-5-3-4-6-13(12)17/h3-6,9-11,18H,7-8H2,1-2H3,(H,19,20). The van der Waals surface area contributed by atoms with E-state index in [1.807, 2.05) is 29.2 Å². The Bertz CT molecular complexity index is 684. The van der Waals surface area contributed by atoms with Gasteiger partial charge >= 0.3 is 0 Å². The van der Waals surface area contributed by atoms with Gasteiger partial charge in [0.15, 0.2) is 0 Å². The monoisotopic (exact) mass is 318 g/mol. The van der Waals surface area contributed by atoms with E-state index < -0.39 is 0 Å². The minimum absolute atomic E-state index is 0.0216. The maximum absolute atomic E-state index is 12.7. The smallest absolute Gasteiger partial charge is 0.272 e. The first-order valence-corrected chi connectivity index (χ1v) is 7.80. The van der Waals surface area contributed by atoms with Gasteiger partial charge in [0, 0.05) is 30.7 Å². The maximum Gasteiger partial charge on any atom is 0.272 e. The number of benzene rings is 1. The molecular formula is C16H19ClN4O. The fraction of sp³-hybridized carbons (Fsp3) is 0.375. The van der Waals surface area contributed by atoms with Crippen LogP contribution in [0, 0.1) is 0 Å². The van der Waals surface area contributed by atoms with E-state index in [1.54, 1.807) is 6.07 Å². The van der Waals surface area contributed by atoms with Gasteiger partial charge < -0.3 is 10.2 Å². The Morgan fingerprint density at radius 3 is 2.91 bits per heavy atom. The lowest BCUT2D eigenvalue weighted by atomic mass is 10.1. The number of carbonyl (C=O) groups excluding carboxylic acids is 1. The molecule has 1 aliphatic rings. The van der Waals surface area contributed by atoms with Crippen LogP contribution in [-0.2, 0) is 0 Å². The highest BCUT2D eigenvalue weighted by Gasteiger charge is 2.29. The predicted molar refractivity (Wildman–Crippen MR) is 87.0 cm³/mol. The van der Waals surface area contributed by atoms with E-state index >= 15 is 0 Å². The molecule has 2 atom stereocenters. The van der Waals surface area contributed by atoms with Crippen molar-refractivity contribution in [3.05, 3.63) is 41.0 Å². The van der Waals surface area contributed by atoms with Gasteiger partial charge in [-0.1, -0.05) is 29.8 Å². The van der Waals surface area contributed by atoms with Crippen molar-refractivity contribution in [2.75, 3.05) is 13.1 Å². The van der Waals surface area contributed by atoms with Gasteiger partial charge in [-0.25, -0.2) is 0 Å². The van der Waals surface area contributed by atoms with Gasteiger partial charge in [0.05, 0.1) is 10.7 Å². The quantitative estimate of drug-likeness (QED) is 0.894. The summed E-state index contributed by atoms with van der Waals surface area (Å²) in [6, 6.07) is 9.67. The Balaban J connectivity index is 1.85. The second-order valence-corrected chi connectivity index (χ2v) is 6.04. The number of rotatable bonds is 2. The summed E-state index contributed by atoms with van der Waals surface area (Å²) in [6.45, 7) is 5.65. The summed E-state index contributed by atoms with van der Waals surface area (Å²) >= 11 is 6.18. The lowest BCUT2D eigenvalue weighted by molar-refractivity contribution is 0.0597. The van der Waals surface area contributed by atoms with Gasteiger partial charge in [0.2, 0.25) is 0 Å². The van der Waals surface area contributed by atoms with Crippen LogP contribution in [0.2, 0.25) is 5.02 Å². The second kappa shape index (κ2) is 6.10. The van der Waals surface area contributed by atoms with E-state index in [1.165, 1.54) is 0 Å². The zero-order valence-electron chi connectivity index (χ0n) is 12.6.